The van der Waals surface area contributed by atoms with Gasteiger partial charge in [-0.1, -0.05) is 73.8 Å². The lowest BCUT2D eigenvalue weighted by molar-refractivity contribution is -0.000791. The first-order chi connectivity index (χ1) is 14.5. The van der Waals surface area contributed by atoms with Gasteiger partial charge in [-0.3, -0.25) is 0 Å². The molecule has 0 heterocycles. The Morgan fingerprint density at radius 2 is 1.87 bits per heavy atom. The number of rotatable bonds is 5. The highest BCUT2D eigenvalue weighted by Crippen LogP contribution is 2.47. The lowest BCUT2D eigenvalue weighted by atomic mass is 9.63. The summed E-state index contributed by atoms with van der Waals surface area (Å²) in [6, 6.07) is 15.7. The average Bonchev–Trinajstić information content (AvgIpc) is 3.04. The number of aliphatic hydroxyl groups excluding tert-OH is 1. The SMILES string of the molecule is C[C@]1(/C=C/C=C/[C@@H](O)C2(CC#Cc3ccccc3)CCC2)CCc2ccc(O)cc21. The maximum Gasteiger partial charge on any atom is 0.115 e. The highest BCUT2D eigenvalue weighted by atomic mass is 16.3. The van der Waals surface area contributed by atoms with Gasteiger partial charge in [0, 0.05) is 22.8 Å². The van der Waals surface area contributed by atoms with Crippen molar-refractivity contribution in [2.24, 2.45) is 5.41 Å². The van der Waals surface area contributed by atoms with Crippen LogP contribution in [-0.2, 0) is 11.8 Å². The van der Waals surface area contributed by atoms with E-state index in [1.807, 2.05) is 60.7 Å². The van der Waals surface area contributed by atoms with Gasteiger partial charge in [-0.25, -0.2) is 0 Å². The second kappa shape index (κ2) is 8.54. The number of aromatic hydroxyl groups is 1. The normalized spacial score (nSPS) is 23.0. The Bertz CT molecular complexity index is 1000. The lowest BCUT2D eigenvalue weighted by Crippen LogP contribution is -2.40. The van der Waals surface area contributed by atoms with E-state index in [2.05, 4.69) is 24.8 Å². The number of aliphatic hydroxyl groups is 1. The van der Waals surface area contributed by atoms with Crippen molar-refractivity contribution in [3.8, 4) is 17.6 Å². The molecule has 2 N–H and O–H groups in total. The number of phenolic OH excluding ortho intramolecular Hbond substituents is 1. The molecule has 1 fully saturated rings. The summed E-state index contributed by atoms with van der Waals surface area (Å²) in [5.41, 5.74) is 3.37. The second-order valence-corrected chi connectivity index (χ2v) is 9.01. The van der Waals surface area contributed by atoms with Crippen molar-refractivity contribution in [2.45, 2.75) is 57.0 Å². The molecule has 1 saturated carbocycles. The van der Waals surface area contributed by atoms with Gasteiger partial charge in [0.05, 0.1) is 6.10 Å². The molecule has 0 spiro atoms. The summed E-state index contributed by atoms with van der Waals surface area (Å²) in [7, 11) is 0. The minimum Gasteiger partial charge on any atom is -0.508 e. The van der Waals surface area contributed by atoms with Gasteiger partial charge in [0.15, 0.2) is 0 Å². The van der Waals surface area contributed by atoms with Crippen molar-refractivity contribution in [1.29, 1.82) is 0 Å². The maximum atomic E-state index is 10.8. The second-order valence-electron chi connectivity index (χ2n) is 9.01. The smallest absolute Gasteiger partial charge is 0.115 e. The summed E-state index contributed by atoms with van der Waals surface area (Å²) in [5, 5.41) is 20.7. The van der Waals surface area contributed by atoms with Crippen LogP contribution >= 0.6 is 0 Å². The van der Waals surface area contributed by atoms with Gasteiger partial charge in [-0.2, -0.15) is 0 Å². The van der Waals surface area contributed by atoms with Crippen LogP contribution in [0, 0.1) is 17.3 Å². The fourth-order valence-electron chi connectivity index (χ4n) is 4.71. The average molecular weight is 399 g/mol. The third kappa shape index (κ3) is 4.23. The van der Waals surface area contributed by atoms with Crippen molar-refractivity contribution in [3.05, 3.63) is 89.5 Å². The quantitative estimate of drug-likeness (QED) is 0.502. The molecule has 0 saturated heterocycles. The van der Waals surface area contributed by atoms with Crippen molar-refractivity contribution in [2.75, 3.05) is 0 Å². The molecule has 2 aliphatic rings. The van der Waals surface area contributed by atoms with Crippen LogP contribution in [0.2, 0.25) is 0 Å². The summed E-state index contributed by atoms with van der Waals surface area (Å²) >= 11 is 0. The first-order valence-corrected chi connectivity index (χ1v) is 10.9. The molecule has 2 aliphatic carbocycles. The van der Waals surface area contributed by atoms with Crippen LogP contribution < -0.4 is 0 Å². The van der Waals surface area contributed by atoms with Gasteiger partial charge in [0.25, 0.3) is 0 Å². The molecule has 2 aromatic rings. The molecule has 0 aromatic heterocycles. The van der Waals surface area contributed by atoms with Gasteiger partial charge in [-0.15, -0.1) is 0 Å². The highest BCUT2D eigenvalue weighted by Gasteiger charge is 2.41. The molecule has 154 valence electrons. The standard InChI is InChI=1S/C28H30O2/c1-27(20-15-23-13-14-24(29)21-25(23)27)16-6-5-12-26(30)28(18-8-19-28)17-7-11-22-9-3-2-4-10-22/h2-6,9-10,12-14,16,21,26,29-30H,8,15,17-20H2,1H3/b12-5+,16-6+/t26-,27+/m1/s1. The van der Waals surface area contributed by atoms with Crippen molar-refractivity contribution < 1.29 is 10.2 Å². The maximum absolute atomic E-state index is 10.8. The third-order valence-electron chi connectivity index (χ3n) is 6.91. The van der Waals surface area contributed by atoms with Crippen LogP contribution in [-0.4, -0.2) is 16.3 Å². The zero-order valence-corrected chi connectivity index (χ0v) is 17.6. The van der Waals surface area contributed by atoms with Gasteiger partial charge < -0.3 is 10.2 Å². The van der Waals surface area contributed by atoms with E-state index in [1.54, 1.807) is 6.07 Å². The third-order valence-corrected chi connectivity index (χ3v) is 6.91. The Kier molecular flexibility index (Phi) is 5.84. The summed E-state index contributed by atoms with van der Waals surface area (Å²) in [5.74, 6) is 6.85. The molecular formula is C28H30O2. The number of benzene rings is 2. The first-order valence-electron chi connectivity index (χ1n) is 10.9. The Labute approximate surface area is 180 Å². The van der Waals surface area contributed by atoms with E-state index in [1.165, 1.54) is 11.1 Å². The highest BCUT2D eigenvalue weighted by molar-refractivity contribution is 5.46. The minimum absolute atomic E-state index is 0.0708. The number of phenols is 1. The summed E-state index contributed by atoms with van der Waals surface area (Å²) in [6.45, 7) is 2.21. The van der Waals surface area contributed by atoms with Gasteiger partial charge in [-0.05, 0) is 61.1 Å². The Balaban J connectivity index is 1.40. The molecular weight excluding hydrogens is 368 g/mol. The first kappa shape index (κ1) is 20.5. The molecule has 30 heavy (non-hydrogen) atoms. The topological polar surface area (TPSA) is 40.5 Å². The van der Waals surface area contributed by atoms with Crippen LogP contribution in [0.25, 0.3) is 0 Å². The van der Waals surface area contributed by atoms with E-state index >= 15 is 0 Å². The van der Waals surface area contributed by atoms with Gasteiger partial charge in [0.2, 0.25) is 0 Å². The Morgan fingerprint density at radius 3 is 2.60 bits per heavy atom. The van der Waals surface area contributed by atoms with E-state index in [0.29, 0.717) is 5.75 Å². The summed E-state index contributed by atoms with van der Waals surface area (Å²) < 4.78 is 0. The molecule has 0 aliphatic heterocycles. The number of hydrogen-bond donors (Lipinski definition) is 2. The summed E-state index contributed by atoms with van der Waals surface area (Å²) in [6.07, 6.45) is 13.7. The fraction of sp³-hybridized carbons (Fsp3) is 0.357. The number of allylic oxidation sites excluding steroid dienone is 3. The van der Waals surface area contributed by atoms with Crippen LogP contribution in [0.15, 0.2) is 72.8 Å². The number of fused-ring (bicyclic) bond motifs is 1. The minimum atomic E-state index is -0.478. The zero-order chi connectivity index (χ0) is 21.0. The van der Waals surface area contributed by atoms with Gasteiger partial charge in [0.1, 0.15) is 5.75 Å². The van der Waals surface area contributed by atoms with Crippen molar-refractivity contribution >= 4 is 0 Å². The molecule has 0 unspecified atom stereocenters. The van der Waals surface area contributed by atoms with Crippen LogP contribution in [0.5, 0.6) is 5.75 Å². The molecule has 2 nitrogen and oxygen atoms in total. The van der Waals surface area contributed by atoms with Crippen molar-refractivity contribution in [3.63, 3.8) is 0 Å². The molecule has 0 bridgehead atoms. The van der Waals surface area contributed by atoms with E-state index < -0.39 is 6.10 Å². The molecule has 2 atom stereocenters. The predicted molar refractivity (Wildman–Crippen MR) is 122 cm³/mol. The molecule has 4 rings (SSSR count). The molecule has 2 aromatic carbocycles. The monoisotopic (exact) mass is 398 g/mol. The van der Waals surface area contributed by atoms with Crippen LogP contribution in [0.3, 0.4) is 0 Å². The predicted octanol–water partition coefficient (Wildman–Crippen LogP) is 5.68. The van der Waals surface area contributed by atoms with Crippen LogP contribution in [0.4, 0.5) is 0 Å². The zero-order valence-electron chi connectivity index (χ0n) is 17.6. The van der Waals surface area contributed by atoms with Crippen LogP contribution in [0.1, 0.15) is 55.7 Å². The fourth-order valence-corrected chi connectivity index (χ4v) is 4.71. The van der Waals surface area contributed by atoms with Crippen molar-refractivity contribution in [1.82, 2.24) is 0 Å². The Morgan fingerprint density at radius 1 is 1.07 bits per heavy atom. The molecule has 0 radical (unpaired) electrons. The lowest BCUT2D eigenvalue weighted by Gasteiger charge is -2.43. The van der Waals surface area contributed by atoms with Gasteiger partial charge >= 0.3 is 0 Å². The van der Waals surface area contributed by atoms with E-state index in [-0.39, 0.29) is 10.8 Å². The largest absolute Gasteiger partial charge is 0.508 e. The number of aryl methyl sites for hydroxylation is 1. The van der Waals surface area contributed by atoms with E-state index in [9.17, 15) is 10.2 Å². The van der Waals surface area contributed by atoms with E-state index in [0.717, 1.165) is 44.1 Å². The number of hydrogen-bond acceptors (Lipinski definition) is 2. The van der Waals surface area contributed by atoms with E-state index in [4.69, 9.17) is 0 Å². The summed E-state index contributed by atoms with van der Waals surface area (Å²) in [4.78, 5) is 0. The Hall–Kier alpha value is -2.76. The molecule has 2 heteroatoms. The molecule has 0 amide bonds.